The molecule has 0 spiro atoms. The highest BCUT2D eigenvalue weighted by Crippen LogP contribution is 2.24. The van der Waals surface area contributed by atoms with Crippen molar-refractivity contribution in [2.24, 2.45) is 0 Å². The van der Waals surface area contributed by atoms with E-state index in [1.165, 1.54) is 6.07 Å². The minimum Gasteiger partial charge on any atom is -0.478 e. The van der Waals surface area contributed by atoms with Gasteiger partial charge in [-0.25, -0.2) is 4.79 Å². The normalized spacial score (nSPS) is 10.4. The van der Waals surface area contributed by atoms with E-state index in [0.29, 0.717) is 11.4 Å². The Labute approximate surface area is 114 Å². The van der Waals surface area contributed by atoms with Crippen LogP contribution in [0.5, 0.6) is 0 Å². The topological polar surface area (TPSA) is 76.2 Å². The molecular weight excluding hydrogens is 256 g/mol. The van der Waals surface area contributed by atoms with E-state index in [9.17, 15) is 4.79 Å². The molecule has 0 radical (unpaired) electrons. The number of aromatic carboxylic acids is 1. The van der Waals surface area contributed by atoms with Crippen molar-refractivity contribution in [3.8, 4) is 22.8 Å². The van der Waals surface area contributed by atoms with E-state index < -0.39 is 5.97 Å². The van der Waals surface area contributed by atoms with Crippen molar-refractivity contribution >= 4 is 5.97 Å². The van der Waals surface area contributed by atoms with Crippen LogP contribution < -0.4 is 0 Å². The number of aromatic nitrogens is 2. The molecule has 1 heterocycles. The molecule has 0 unspecified atom stereocenters. The highest BCUT2D eigenvalue weighted by atomic mass is 16.5. The molecule has 5 nitrogen and oxygen atoms in total. The van der Waals surface area contributed by atoms with E-state index in [1.54, 1.807) is 18.2 Å². The predicted octanol–water partition coefficient (Wildman–Crippen LogP) is 3.10. The molecule has 98 valence electrons. The van der Waals surface area contributed by atoms with Gasteiger partial charge in [0.25, 0.3) is 5.89 Å². The molecule has 2 aromatic carbocycles. The first kappa shape index (κ1) is 12.1. The molecule has 0 amide bonds. The second-order valence-electron chi connectivity index (χ2n) is 4.14. The van der Waals surface area contributed by atoms with Crippen molar-refractivity contribution in [3.63, 3.8) is 0 Å². The Morgan fingerprint density at radius 3 is 2.45 bits per heavy atom. The number of nitrogens with zero attached hydrogens (tertiary/aromatic N) is 2. The molecule has 0 saturated heterocycles. The lowest BCUT2D eigenvalue weighted by atomic mass is 10.1. The van der Waals surface area contributed by atoms with Crippen LogP contribution in [0, 0.1) is 0 Å². The molecule has 20 heavy (non-hydrogen) atoms. The molecule has 1 N–H and O–H groups in total. The number of hydrogen-bond acceptors (Lipinski definition) is 4. The Morgan fingerprint density at radius 2 is 1.70 bits per heavy atom. The Balaban J connectivity index is 2.05. The van der Waals surface area contributed by atoms with Crippen LogP contribution in [0.2, 0.25) is 0 Å². The zero-order chi connectivity index (χ0) is 13.9. The third-order valence-corrected chi connectivity index (χ3v) is 2.85. The van der Waals surface area contributed by atoms with E-state index in [0.717, 1.165) is 5.56 Å². The average Bonchev–Trinajstić information content (AvgIpc) is 2.98. The molecular formula is C15H10N2O3. The molecule has 0 fully saturated rings. The van der Waals surface area contributed by atoms with Crippen LogP contribution in [0.25, 0.3) is 22.8 Å². The molecule has 0 saturated carbocycles. The van der Waals surface area contributed by atoms with Gasteiger partial charge in [0.1, 0.15) is 0 Å². The third-order valence-electron chi connectivity index (χ3n) is 2.85. The van der Waals surface area contributed by atoms with Gasteiger partial charge < -0.3 is 9.63 Å². The van der Waals surface area contributed by atoms with Gasteiger partial charge in [-0.15, -0.1) is 0 Å². The molecule has 1 aromatic heterocycles. The molecule has 3 aromatic rings. The summed E-state index contributed by atoms with van der Waals surface area (Å²) in [4.78, 5) is 15.4. The van der Waals surface area contributed by atoms with Gasteiger partial charge in [0, 0.05) is 5.56 Å². The van der Waals surface area contributed by atoms with Crippen molar-refractivity contribution in [1.82, 2.24) is 10.1 Å². The van der Waals surface area contributed by atoms with Gasteiger partial charge in [-0.05, 0) is 12.1 Å². The second-order valence-corrected chi connectivity index (χ2v) is 4.14. The van der Waals surface area contributed by atoms with E-state index in [2.05, 4.69) is 10.1 Å². The fraction of sp³-hybridized carbons (Fsp3) is 0. The smallest absolute Gasteiger partial charge is 0.336 e. The van der Waals surface area contributed by atoms with Gasteiger partial charge in [-0.2, -0.15) is 4.98 Å². The number of carbonyl (C=O) groups is 1. The van der Waals surface area contributed by atoms with Crippen molar-refractivity contribution < 1.29 is 14.4 Å². The molecule has 3 rings (SSSR count). The largest absolute Gasteiger partial charge is 0.478 e. The summed E-state index contributed by atoms with van der Waals surface area (Å²) in [6, 6.07) is 15.9. The minimum atomic E-state index is -1.03. The second kappa shape index (κ2) is 4.97. The van der Waals surface area contributed by atoms with Gasteiger partial charge in [0.2, 0.25) is 5.82 Å². The maximum Gasteiger partial charge on any atom is 0.336 e. The maximum absolute atomic E-state index is 11.2. The Hall–Kier alpha value is -2.95. The Bertz CT molecular complexity index is 751. The fourth-order valence-corrected chi connectivity index (χ4v) is 1.89. The monoisotopic (exact) mass is 266 g/mol. The Morgan fingerprint density at radius 1 is 1.00 bits per heavy atom. The predicted molar refractivity (Wildman–Crippen MR) is 72.1 cm³/mol. The van der Waals surface area contributed by atoms with Crippen molar-refractivity contribution in [2.45, 2.75) is 0 Å². The SMILES string of the molecule is O=C(O)c1ccccc1-c1nc(-c2ccccc2)no1. The zero-order valence-electron chi connectivity index (χ0n) is 10.4. The van der Waals surface area contributed by atoms with E-state index in [-0.39, 0.29) is 11.5 Å². The van der Waals surface area contributed by atoms with Gasteiger partial charge in [0.05, 0.1) is 11.1 Å². The highest BCUT2D eigenvalue weighted by Gasteiger charge is 2.17. The van der Waals surface area contributed by atoms with Crippen molar-refractivity contribution in [1.29, 1.82) is 0 Å². The first-order valence-corrected chi connectivity index (χ1v) is 5.97. The number of carboxylic acid groups (broad SMARTS) is 1. The van der Waals surface area contributed by atoms with Gasteiger partial charge in [-0.3, -0.25) is 0 Å². The maximum atomic E-state index is 11.2. The molecule has 0 aliphatic carbocycles. The minimum absolute atomic E-state index is 0.135. The average molecular weight is 266 g/mol. The molecule has 0 atom stereocenters. The summed E-state index contributed by atoms with van der Waals surface area (Å²) in [5, 5.41) is 13.0. The van der Waals surface area contributed by atoms with Gasteiger partial charge in [0.15, 0.2) is 0 Å². The van der Waals surface area contributed by atoms with Crippen LogP contribution in [0.4, 0.5) is 0 Å². The molecule has 0 aliphatic rings. The number of rotatable bonds is 3. The first-order valence-electron chi connectivity index (χ1n) is 5.97. The van der Waals surface area contributed by atoms with E-state index >= 15 is 0 Å². The van der Waals surface area contributed by atoms with Crippen molar-refractivity contribution in [2.75, 3.05) is 0 Å². The summed E-state index contributed by atoms with van der Waals surface area (Å²) in [6.45, 7) is 0. The summed E-state index contributed by atoms with van der Waals surface area (Å²) in [7, 11) is 0. The summed E-state index contributed by atoms with van der Waals surface area (Å²) >= 11 is 0. The van der Waals surface area contributed by atoms with Gasteiger partial charge in [-0.1, -0.05) is 47.6 Å². The standard InChI is InChI=1S/C15H10N2O3/c18-15(19)12-9-5-4-8-11(12)14-16-13(17-20-14)10-6-2-1-3-7-10/h1-9H,(H,18,19). The molecule has 0 aliphatic heterocycles. The summed E-state index contributed by atoms with van der Waals surface area (Å²) < 4.78 is 5.17. The third kappa shape index (κ3) is 2.16. The fourth-order valence-electron chi connectivity index (χ4n) is 1.89. The summed E-state index contributed by atoms with van der Waals surface area (Å²) in [5.74, 6) is -0.400. The van der Waals surface area contributed by atoms with Crippen LogP contribution >= 0.6 is 0 Å². The lowest BCUT2D eigenvalue weighted by Gasteiger charge is -1.99. The highest BCUT2D eigenvalue weighted by molar-refractivity contribution is 5.94. The van der Waals surface area contributed by atoms with Crippen LogP contribution in [0.15, 0.2) is 59.1 Å². The quantitative estimate of drug-likeness (QED) is 0.788. The molecule has 5 heteroatoms. The number of benzene rings is 2. The van der Waals surface area contributed by atoms with Crippen LogP contribution in [-0.4, -0.2) is 21.2 Å². The number of carboxylic acids is 1. The summed E-state index contributed by atoms with van der Waals surface area (Å²) in [5.41, 5.74) is 1.36. The first-order chi connectivity index (χ1) is 9.75. The van der Waals surface area contributed by atoms with Crippen LogP contribution in [0.1, 0.15) is 10.4 Å². The van der Waals surface area contributed by atoms with Crippen LogP contribution in [0.3, 0.4) is 0 Å². The number of hydrogen-bond donors (Lipinski definition) is 1. The van der Waals surface area contributed by atoms with Crippen LogP contribution in [-0.2, 0) is 0 Å². The molecule has 0 bridgehead atoms. The van der Waals surface area contributed by atoms with E-state index in [4.69, 9.17) is 9.63 Å². The van der Waals surface area contributed by atoms with Crippen molar-refractivity contribution in [3.05, 3.63) is 60.2 Å². The Kier molecular flexibility index (Phi) is 3.01. The zero-order valence-corrected chi connectivity index (χ0v) is 10.4. The lowest BCUT2D eigenvalue weighted by molar-refractivity contribution is 0.0697. The lowest BCUT2D eigenvalue weighted by Crippen LogP contribution is -1.99. The van der Waals surface area contributed by atoms with E-state index in [1.807, 2.05) is 30.3 Å². The van der Waals surface area contributed by atoms with Gasteiger partial charge >= 0.3 is 5.97 Å². The summed E-state index contributed by atoms with van der Waals surface area (Å²) in [6.07, 6.45) is 0.